The van der Waals surface area contributed by atoms with Crippen molar-refractivity contribution in [2.45, 2.75) is 55.5 Å². The number of H-pyrrole nitrogens is 2. The highest BCUT2D eigenvalue weighted by Gasteiger charge is 2.56. The van der Waals surface area contributed by atoms with Gasteiger partial charge in [-0.3, -0.25) is 37.7 Å². The van der Waals surface area contributed by atoms with Crippen LogP contribution < -0.4 is 22.5 Å². The highest BCUT2D eigenvalue weighted by Crippen LogP contribution is 2.54. The molecular formula is C22H28N7O13P. The standard InChI is InChI=1S/C22H28N7O13P/c23-20-26-16-13(17(33)27-20)24-7-29(16)18-9-4-22(35,36)3-8(9)11(41-18)6-39-43(37,38)42-15-10(5-30)40-19(14(15)32)28-2-1-12(31)25-21(28)34/h1-2,7-11,14-15,18-19,30,32,35-36H,3-6H2,(H,37,38)(H,25,31,34)(H3,23,26,27,33)/t8-,9+,10+,11+,14+,15+,18+,19+/m0/s1. The van der Waals surface area contributed by atoms with E-state index in [1.165, 1.54) is 10.9 Å². The number of aliphatic hydroxyl groups excluding tert-OH is 2. The van der Waals surface area contributed by atoms with Crippen molar-refractivity contribution in [3.8, 4) is 0 Å². The van der Waals surface area contributed by atoms with Gasteiger partial charge in [-0.15, -0.1) is 0 Å². The number of nitrogens with zero attached hydrogens (tertiary/aromatic N) is 4. The van der Waals surface area contributed by atoms with Gasteiger partial charge in [0.15, 0.2) is 23.2 Å². The molecule has 3 aliphatic rings. The Balaban J connectivity index is 1.19. The van der Waals surface area contributed by atoms with Gasteiger partial charge in [-0.2, -0.15) is 4.98 Å². The number of phosphoric ester groups is 1. The van der Waals surface area contributed by atoms with Crippen molar-refractivity contribution in [2.24, 2.45) is 11.8 Å². The number of nitrogens with two attached hydrogens (primary N) is 1. The minimum Gasteiger partial charge on any atom is -0.394 e. The summed E-state index contributed by atoms with van der Waals surface area (Å²) in [5.74, 6) is -3.42. The van der Waals surface area contributed by atoms with Crippen molar-refractivity contribution in [3.63, 3.8) is 0 Å². The van der Waals surface area contributed by atoms with E-state index < -0.39 is 92.3 Å². The summed E-state index contributed by atoms with van der Waals surface area (Å²) in [6.07, 6.45) is -6.14. The molecule has 2 saturated heterocycles. The Bertz CT molecular complexity index is 1750. The zero-order valence-electron chi connectivity index (χ0n) is 22.0. The van der Waals surface area contributed by atoms with Crippen molar-refractivity contribution in [1.82, 2.24) is 29.1 Å². The van der Waals surface area contributed by atoms with Crippen LogP contribution in [-0.2, 0) is 23.1 Å². The predicted molar refractivity (Wildman–Crippen MR) is 139 cm³/mol. The first-order valence-electron chi connectivity index (χ1n) is 13.0. The highest BCUT2D eigenvalue weighted by atomic mass is 31.2. The molecule has 6 rings (SSSR count). The molecule has 2 aliphatic heterocycles. The first-order chi connectivity index (χ1) is 20.3. The molecule has 9 atom stereocenters. The zero-order valence-corrected chi connectivity index (χ0v) is 22.9. The van der Waals surface area contributed by atoms with Gasteiger partial charge in [-0.05, 0) is 5.92 Å². The Labute approximate surface area is 238 Å². The third-order valence-electron chi connectivity index (χ3n) is 7.83. The number of rotatable bonds is 8. The van der Waals surface area contributed by atoms with Gasteiger partial charge in [0, 0.05) is 31.0 Å². The maximum Gasteiger partial charge on any atom is 0.472 e. The number of nitrogens with one attached hydrogen (secondary N) is 2. The van der Waals surface area contributed by atoms with E-state index in [1.807, 2.05) is 4.98 Å². The molecular weight excluding hydrogens is 601 g/mol. The lowest BCUT2D eigenvalue weighted by atomic mass is 9.93. The fourth-order valence-electron chi connectivity index (χ4n) is 6.01. The molecule has 20 nitrogen and oxygen atoms in total. The molecule has 0 radical (unpaired) electrons. The molecule has 0 amide bonds. The number of hydrogen-bond acceptors (Lipinski definition) is 15. The van der Waals surface area contributed by atoms with E-state index in [2.05, 4.69) is 15.0 Å². The summed E-state index contributed by atoms with van der Waals surface area (Å²) in [5.41, 5.74) is 3.50. The molecule has 0 aromatic carbocycles. The van der Waals surface area contributed by atoms with Gasteiger partial charge in [0.1, 0.15) is 24.5 Å². The van der Waals surface area contributed by atoms with Crippen LogP contribution in [0.4, 0.5) is 5.95 Å². The Morgan fingerprint density at radius 2 is 1.84 bits per heavy atom. The average molecular weight is 629 g/mol. The van der Waals surface area contributed by atoms with E-state index in [0.717, 1.165) is 16.8 Å². The molecule has 9 N–H and O–H groups in total. The van der Waals surface area contributed by atoms with E-state index in [-0.39, 0.29) is 30.0 Å². The summed E-state index contributed by atoms with van der Waals surface area (Å²) in [6.45, 7) is -1.36. The van der Waals surface area contributed by atoms with Gasteiger partial charge in [0.25, 0.3) is 11.1 Å². The molecule has 3 fully saturated rings. The van der Waals surface area contributed by atoms with Gasteiger partial charge >= 0.3 is 13.5 Å². The number of aliphatic hydroxyl groups is 4. The molecule has 3 aromatic rings. The highest BCUT2D eigenvalue weighted by molar-refractivity contribution is 7.47. The third-order valence-corrected chi connectivity index (χ3v) is 8.81. The molecule has 21 heteroatoms. The molecule has 1 unspecified atom stereocenters. The number of aromatic nitrogens is 6. The van der Waals surface area contributed by atoms with Gasteiger partial charge < -0.3 is 40.5 Å². The Morgan fingerprint density at radius 3 is 2.56 bits per heavy atom. The summed E-state index contributed by atoms with van der Waals surface area (Å²) < 4.78 is 37.1. The van der Waals surface area contributed by atoms with E-state index in [1.54, 1.807) is 0 Å². The van der Waals surface area contributed by atoms with Crippen LogP contribution >= 0.6 is 7.82 Å². The Kier molecular flexibility index (Phi) is 7.40. The van der Waals surface area contributed by atoms with Gasteiger partial charge in [0.2, 0.25) is 5.95 Å². The number of nitrogen functional groups attached to an aromatic ring is 1. The number of fused-ring (bicyclic) bond motifs is 2. The van der Waals surface area contributed by atoms with Crippen LogP contribution in [0, 0.1) is 11.8 Å². The summed E-state index contributed by atoms with van der Waals surface area (Å²) >= 11 is 0. The largest absolute Gasteiger partial charge is 0.472 e. The van der Waals surface area contributed by atoms with Crippen LogP contribution in [0.5, 0.6) is 0 Å². The number of imidazole rings is 1. The fraction of sp³-hybridized carbons (Fsp3) is 0.591. The minimum absolute atomic E-state index is 0.0298. The summed E-state index contributed by atoms with van der Waals surface area (Å²) in [6, 6.07) is 0.994. The SMILES string of the molecule is Nc1nc2c(ncn2[C@@H]2O[C@H](COP(=O)(O)O[C@H]3[C@@H](O)[C@H](n4ccc(=O)[nH]c4=O)O[C@@H]3CO)[C@H]3CC(O)(O)C[C@H]32)c(=O)[nH]1. The fourth-order valence-corrected chi connectivity index (χ4v) is 6.98. The van der Waals surface area contributed by atoms with Crippen molar-refractivity contribution in [3.05, 3.63) is 49.8 Å². The van der Waals surface area contributed by atoms with Crippen molar-refractivity contribution >= 4 is 24.9 Å². The van der Waals surface area contributed by atoms with Crippen LogP contribution in [-0.4, -0.2) is 97.8 Å². The van der Waals surface area contributed by atoms with Crippen molar-refractivity contribution in [2.75, 3.05) is 18.9 Å². The van der Waals surface area contributed by atoms with E-state index >= 15 is 0 Å². The number of hydrogen-bond donors (Lipinski definition) is 8. The van der Waals surface area contributed by atoms with Gasteiger partial charge in [-0.1, -0.05) is 0 Å². The third kappa shape index (κ3) is 5.46. The number of phosphoric acid groups is 1. The molecule has 0 bridgehead atoms. The van der Waals surface area contributed by atoms with E-state index in [9.17, 15) is 44.3 Å². The van der Waals surface area contributed by atoms with Gasteiger partial charge in [-0.25, -0.2) is 14.3 Å². The van der Waals surface area contributed by atoms with E-state index in [0.29, 0.717) is 0 Å². The molecule has 0 spiro atoms. The number of anilines is 1. The molecule has 43 heavy (non-hydrogen) atoms. The van der Waals surface area contributed by atoms with Crippen LogP contribution in [0.2, 0.25) is 0 Å². The minimum atomic E-state index is -5.02. The second kappa shape index (κ2) is 10.7. The summed E-state index contributed by atoms with van der Waals surface area (Å²) in [5, 5.41) is 41.3. The molecule has 1 saturated carbocycles. The number of aromatic amines is 2. The number of ether oxygens (including phenoxy) is 2. The van der Waals surface area contributed by atoms with Gasteiger partial charge in [0.05, 0.1) is 25.6 Å². The maximum atomic E-state index is 13.0. The molecule has 3 aromatic heterocycles. The molecule has 5 heterocycles. The van der Waals surface area contributed by atoms with Crippen LogP contribution in [0.3, 0.4) is 0 Å². The normalized spacial score (nSPS) is 33.1. The maximum absolute atomic E-state index is 13.0. The summed E-state index contributed by atoms with van der Waals surface area (Å²) in [4.78, 5) is 58.8. The van der Waals surface area contributed by atoms with E-state index in [4.69, 9.17) is 24.3 Å². The first kappa shape index (κ1) is 29.8. The van der Waals surface area contributed by atoms with Crippen molar-refractivity contribution < 1.29 is 48.4 Å². The molecule has 234 valence electrons. The lowest BCUT2D eigenvalue weighted by Gasteiger charge is -2.25. The summed E-state index contributed by atoms with van der Waals surface area (Å²) in [7, 11) is -5.02. The van der Waals surface area contributed by atoms with Crippen LogP contribution in [0.15, 0.2) is 33.0 Å². The second-order valence-electron chi connectivity index (χ2n) is 10.6. The monoisotopic (exact) mass is 629 g/mol. The second-order valence-corrected chi connectivity index (χ2v) is 12.1. The van der Waals surface area contributed by atoms with Crippen LogP contribution in [0.1, 0.15) is 25.3 Å². The average Bonchev–Trinajstić information content (AvgIpc) is 3.64. The smallest absolute Gasteiger partial charge is 0.394 e. The Morgan fingerprint density at radius 1 is 1.12 bits per heavy atom. The van der Waals surface area contributed by atoms with Crippen molar-refractivity contribution in [1.29, 1.82) is 0 Å². The molecule has 1 aliphatic carbocycles. The van der Waals surface area contributed by atoms with Crippen LogP contribution in [0.25, 0.3) is 11.2 Å². The lowest BCUT2D eigenvalue weighted by molar-refractivity contribution is -0.172. The Hall–Kier alpha value is -3.30. The first-order valence-corrected chi connectivity index (χ1v) is 14.5. The quantitative estimate of drug-likeness (QED) is 0.0890. The zero-order chi connectivity index (χ0) is 30.8. The predicted octanol–water partition coefficient (Wildman–Crippen LogP) is -3.39. The topological polar surface area (TPSA) is 300 Å². The lowest BCUT2D eigenvalue weighted by Crippen LogP contribution is -2.38.